The predicted octanol–water partition coefficient (Wildman–Crippen LogP) is 0.372. The van der Waals surface area contributed by atoms with Gasteiger partial charge in [0, 0.05) is 18.1 Å². The van der Waals surface area contributed by atoms with Gasteiger partial charge in [0.15, 0.2) is 0 Å². The number of phenols is 1. The van der Waals surface area contributed by atoms with Crippen molar-refractivity contribution in [3.8, 4) is 17.6 Å². The number of amides is 1. The van der Waals surface area contributed by atoms with Crippen molar-refractivity contribution in [3.05, 3.63) is 29.3 Å². The molecule has 16 heavy (non-hydrogen) atoms. The van der Waals surface area contributed by atoms with Gasteiger partial charge in [0.25, 0.3) is 0 Å². The quantitative estimate of drug-likeness (QED) is 0.629. The molecule has 0 saturated heterocycles. The lowest BCUT2D eigenvalue weighted by molar-refractivity contribution is -0.118. The molecule has 0 saturated carbocycles. The monoisotopic (exact) mass is 219 g/mol. The maximum absolute atomic E-state index is 10.6. The highest BCUT2D eigenvalue weighted by Crippen LogP contribution is 2.17. The number of hydrogen-bond donors (Lipinski definition) is 3. The van der Waals surface area contributed by atoms with E-state index in [2.05, 4.69) is 17.2 Å². The Labute approximate surface area is 93.9 Å². The third-order valence-electron chi connectivity index (χ3n) is 1.91. The molecule has 1 aromatic carbocycles. The first-order chi connectivity index (χ1) is 7.63. The van der Waals surface area contributed by atoms with Crippen LogP contribution in [0.15, 0.2) is 18.2 Å². The van der Waals surface area contributed by atoms with Crippen molar-refractivity contribution >= 4 is 5.91 Å². The molecular formula is C12H13NO3. The van der Waals surface area contributed by atoms with Crippen molar-refractivity contribution in [2.24, 2.45) is 0 Å². The molecule has 0 heterocycles. The van der Waals surface area contributed by atoms with Gasteiger partial charge in [-0.15, -0.1) is 0 Å². The molecule has 0 spiro atoms. The molecule has 3 N–H and O–H groups in total. The molecule has 0 aromatic heterocycles. The second kappa shape index (κ2) is 5.79. The summed E-state index contributed by atoms with van der Waals surface area (Å²) in [6, 6.07) is 4.74. The van der Waals surface area contributed by atoms with Crippen LogP contribution in [0.5, 0.6) is 5.75 Å². The van der Waals surface area contributed by atoms with Gasteiger partial charge in [0.05, 0.1) is 13.2 Å². The molecule has 4 heteroatoms. The Morgan fingerprint density at radius 3 is 2.88 bits per heavy atom. The topological polar surface area (TPSA) is 69.6 Å². The third-order valence-corrected chi connectivity index (χ3v) is 1.91. The first kappa shape index (κ1) is 12.1. The lowest BCUT2D eigenvalue weighted by atomic mass is 10.1. The van der Waals surface area contributed by atoms with Gasteiger partial charge in [-0.05, 0) is 18.2 Å². The fraction of sp³-hybridized carbons (Fsp3) is 0.250. The van der Waals surface area contributed by atoms with Crippen LogP contribution in [0, 0.1) is 11.8 Å². The van der Waals surface area contributed by atoms with Crippen LogP contribution < -0.4 is 5.32 Å². The Kier molecular flexibility index (Phi) is 4.37. The summed E-state index contributed by atoms with van der Waals surface area (Å²) in [5.41, 5.74) is 1.12. The molecular weight excluding hydrogens is 206 g/mol. The standard InChI is InChI=1S/C12H13NO3/c1-9(15)13-6-2-3-10-4-5-12(16)11(7-10)8-14/h4-5,7,14,16H,6,8H2,1H3,(H,13,15). The van der Waals surface area contributed by atoms with Crippen LogP contribution in [0.3, 0.4) is 0 Å². The maximum atomic E-state index is 10.6. The summed E-state index contributed by atoms with van der Waals surface area (Å²) in [7, 11) is 0. The maximum Gasteiger partial charge on any atom is 0.217 e. The molecule has 1 aromatic rings. The first-order valence-corrected chi connectivity index (χ1v) is 4.79. The van der Waals surface area contributed by atoms with Crippen LogP contribution in [0.25, 0.3) is 0 Å². The molecule has 1 amide bonds. The number of benzene rings is 1. The van der Waals surface area contributed by atoms with E-state index < -0.39 is 0 Å². The molecule has 0 aliphatic heterocycles. The number of nitrogens with one attached hydrogen (secondary N) is 1. The molecule has 0 radical (unpaired) electrons. The van der Waals surface area contributed by atoms with E-state index in [0.717, 1.165) is 0 Å². The number of carbonyl (C=O) groups is 1. The van der Waals surface area contributed by atoms with Crippen LogP contribution in [0.4, 0.5) is 0 Å². The average Bonchev–Trinajstić information content (AvgIpc) is 2.26. The lowest BCUT2D eigenvalue weighted by Crippen LogP contribution is -2.19. The number of rotatable bonds is 2. The molecule has 0 aliphatic carbocycles. The summed E-state index contributed by atoms with van der Waals surface area (Å²) < 4.78 is 0. The third kappa shape index (κ3) is 3.64. The second-order valence-electron chi connectivity index (χ2n) is 3.21. The van der Waals surface area contributed by atoms with Crippen molar-refractivity contribution in [1.29, 1.82) is 0 Å². The molecule has 0 unspecified atom stereocenters. The van der Waals surface area contributed by atoms with Gasteiger partial charge in [-0.1, -0.05) is 11.8 Å². The zero-order valence-electron chi connectivity index (χ0n) is 8.95. The van der Waals surface area contributed by atoms with E-state index in [4.69, 9.17) is 5.11 Å². The van der Waals surface area contributed by atoms with Crippen molar-refractivity contribution in [3.63, 3.8) is 0 Å². The van der Waals surface area contributed by atoms with E-state index >= 15 is 0 Å². The van der Waals surface area contributed by atoms with Crippen LogP contribution in [-0.4, -0.2) is 22.7 Å². The molecule has 4 nitrogen and oxygen atoms in total. The Balaban J connectivity index is 2.70. The highest BCUT2D eigenvalue weighted by Gasteiger charge is 1.99. The minimum Gasteiger partial charge on any atom is -0.508 e. The summed E-state index contributed by atoms with van der Waals surface area (Å²) in [6.45, 7) is 1.48. The molecule has 84 valence electrons. The van der Waals surface area contributed by atoms with Crippen LogP contribution in [0.1, 0.15) is 18.1 Å². The average molecular weight is 219 g/mol. The van der Waals surface area contributed by atoms with Gasteiger partial charge in [0.2, 0.25) is 5.91 Å². The van der Waals surface area contributed by atoms with Gasteiger partial charge >= 0.3 is 0 Å². The van der Waals surface area contributed by atoms with E-state index in [9.17, 15) is 9.90 Å². The SMILES string of the molecule is CC(=O)NCC#Cc1ccc(O)c(CO)c1. The minimum atomic E-state index is -0.229. The van der Waals surface area contributed by atoms with Gasteiger partial charge in [0.1, 0.15) is 5.75 Å². The van der Waals surface area contributed by atoms with Crippen LogP contribution in [-0.2, 0) is 11.4 Å². The van der Waals surface area contributed by atoms with Crippen molar-refractivity contribution in [2.45, 2.75) is 13.5 Å². The summed E-state index contributed by atoms with van der Waals surface area (Å²) in [5.74, 6) is 5.50. The van der Waals surface area contributed by atoms with Gasteiger partial charge < -0.3 is 15.5 Å². The van der Waals surface area contributed by atoms with Gasteiger partial charge in [-0.25, -0.2) is 0 Å². The summed E-state index contributed by atoms with van der Waals surface area (Å²) in [6.07, 6.45) is 0. The fourth-order valence-electron chi connectivity index (χ4n) is 1.10. The normalized spacial score (nSPS) is 9.12. The molecule has 0 atom stereocenters. The Hall–Kier alpha value is -1.99. The molecule has 0 bridgehead atoms. The van der Waals surface area contributed by atoms with Gasteiger partial charge in [-0.3, -0.25) is 4.79 Å². The van der Waals surface area contributed by atoms with Crippen molar-refractivity contribution in [2.75, 3.05) is 6.54 Å². The number of hydrogen-bond acceptors (Lipinski definition) is 3. The van der Waals surface area contributed by atoms with E-state index in [1.165, 1.54) is 13.0 Å². The van der Waals surface area contributed by atoms with E-state index in [1.807, 2.05) is 0 Å². The molecule has 0 aliphatic rings. The van der Waals surface area contributed by atoms with E-state index in [1.54, 1.807) is 12.1 Å². The van der Waals surface area contributed by atoms with Crippen molar-refractivity contribution in [1.82, 2.24) is 5.32 Å². The molecule has 0 fully saturated rings. The number of aliphatic hydroxyl groups is 1. The fourth-order valence-corrected chi connectivity index (χ4v) is 1.10. The van der Waals surface area contributed by atoms with Crippen LogP contribution in [0.2, 0.25) is 0 Å². The summed E-state index contributed by atoms with van der Waals surface area (Å²) in [5, 5.41) is 20.8. The highest BCUT2D eigenvalue weighted by molar-refractivity contribution is 5.73. The van der Waals surface area contributed by atoms with E-state index in [-0.39, 0.29) is 24.8 Å². The van der Waals surface area contributed by atoms with Crippen LogP contribution >= 0.6 is 0 Å². The molecule has 1 rings (SSSR count). The van der Waals surface area contributed by atoms with Crippen molar-refractivity contribution < 1.29 is 15.0 Å². The summed E-state index contributed by atoms with van der Waals surface area (Å²) in [4.78, 5) is 10.6. The Bertz CT molecular complexity index is 443. The smallest absolute Gasteiger partial charge is 0.217 e. The zero-order valence-corrected chi connectivity index (χ0v) is 8.95. The Morgan fingerprint density at radius 2 is 2.25 bits per heavy atom. The second-order valence-corrected chi connectivity index (χ2v) is 3.21. The number of carbonyl (C=O) groups excluding carboxylic acids is 1. The number of aliphatic hydroxyl groups excluding tert-OH is 1. The summed E-state index contributed by atoms with van der Waals surface area (Å²) >= 11 is 0. The largest absolute Gasteiger partial charge is 0.508 e. The Morgan fingerprint density at radius 1 is 1.50 bits per heavy atom. The predicted molar refractivity (Wildman–Crippen MR) is 59.6 cm³/mol. The number of aromatic hydroxyl groups is 1. The minimum absolute atomic E-state index is 0.0508. The highest BCUT2D eigenvalue weighted by atomic mass is 16.3. The zero-order chi connectivity index (χ0) is 12.0. The first-order valence-electron chi connectivity index (χ1n) is 4.79. The van der Waals surface area contributed by atoms with Gasteiger partial charge in [-0.2, -0.15) is 0 Å². The van der Waals surface area contributed by atoms with E-state index in [0.29, 0.717) is 11.1 Å². The lowest BCUT2D eigenvalue weighted by Gasteiger charge is -2.00.